The predicted molar refractivity (Wildman–Crippen MR) is 109 cm³/mol. The lowest BCUT2D eigenvalue weighted by molar-refractivity contribution is -0.142. The molecule has 2 aromatic carbocycles. The maximum Gasteiger partial charge on any atom is 0.343 e. The Labute approximate surface area is 173 Å². The number of halogens is 1. The molecule has 1 heterocycles. The predicted octanol–water partition coefficient (Wildman–Crippen LogP) is 4.42. The molecule has 2 N–H and O–H groups in total. The molecule has 0 amide bonds. The highest BCUT2D eigenvalue weighted by Crippen LogP contribution is 2.52. The highest BCUT2D eigenvalue weighted by Gasteiger charge is 2.40. The van der Waals surface area contributed by atoms with Crippen molar-refractivity contribution in [1.29, 1.82) is 0 Å². The van der Waals surface area contributed by atoms with Crippen LogP contribution in [-0.4, -0.2) is 30.8 Å². The summed E-state index contributed by atoms with van der Waals surface area (Å²) in [6.45, 7) is -0.146. The first-order valence-corrected chi connectivity index (χ1v) is 9.66. The van der Waals surface area contributed by atoms with Crippen LogP contribution in [-0.2, 0) is 9.53 Å². The number of carbonyl (C=O) groups excluding carboxylic acids is 1. The number of anilines is 1. The third-order valence-electron chi connectivity index (χ3n) is 5.52. The first kappa shape index (κ1) is 19.3. The van der Waals surface area contributed by atoms with Crippen molar-refractivity contribution in [3.05, 3.63) is 70.3 Å². The van der Waals surface area contributed by atoms with Gasteiger partial charge in [0, 0.05) is 5.92 Å². The lowest BCUT2D eigenvalue weighted by Crippen LogP contribution is -2.30. The SMILES string of the molecule is COC(=O)COc1ccc([C@H]2Nc3c(Cl)ccc(C(=O)O)c3[C@H]3C=CC[C@H]32)cc1. The third kappa shape index (κ3) is 3.56. The second-order valence-corrected chi connectivity index (χ2v) is 7.51. The molecule has 0 fully saturated rings. The number of carboxylic acids is 1. The molecule has 2 aromatic rings. The number of methoxy groups -OCH3 is 1. The molecule has 3 atom stereocenters. The molecule has 0 unspecified atom stereocenters. The van der Waals surface area contributed by atoms with Crippen LogP contribution in [0.3, 0.4) is 0 Å². The van der Waals surface area contributed by atoms with Gasteiger partial charge in [0.05, 0.1) is 29.4 Å². The zero-order valence-electron chi connectivity index (χ0n) is 15.7. The van der Waals surface area contributed by atoms with Crippen LogP contribution >= 0.6 is 11.6 Å². The van der Waals surface area contributed by atoms with E-state index in [4.69, 9.17) is 16.3 Å². The summed E-state index contributed by atoms with van der Waals surface area (Å²) in [7, 11) is 1.31. The second kappa shape index (κ2) is 7.79. The number of hydrogen-bond donors (Lipinski definition) is 2. The van der Waals surface area contributed by atoms with Gasteiger partial charge in [-0.1, -0.05) is 35.9 Å². The molecular formula is C22H20ClNO5. The lowest BCUT2D eigenvalue weighted by atomic mass is 9.75. The van der Waals surface area contributed by atoms with Crippen LogP contribution < -0.4 is 10.1 Å². The minimum atomic E-state index is -0.954. The standard InChI is InChI=1S/C22H20ClNO5/c1-28-18(25)11-29-13-7-5-12(6-8-13)20-15-4-2-3-14(15)19-16(22(26)27)9-10-17(23)21(19)24-20/h2-3,5-10,14-15,20,24H,4,11H2,1H3,(H,26,27)/t14-,15+,20+/m0/s1. The summed E-state index contributed by atoms with van der Waals surface area (Å²) in [5.74, 6) is -0.660. The highest BCUT2D eigenvalue weighted by molar-refractivity contribution is 6.33. The van der Waals surface area contributed by atoms with E-state index in [0.29, 0.717) is 16.5 Å². The highest BCUT2D eigenvalue weighted by atomic mass is 35.5. The van der Waals surface area contributed by atoms with Crippen molar-refractivity contribution in [2.45, 2.75) is 18.4 Å². The lowest BCUT2D eigenvalue weighted by Gasteiger charge is -2.38. The largest absolute Gasteiger partial charge is 0.482 e. The molecule has 6 nitrogen and oxygen atoms in total. The first-order chi connectivity index (χ1) is 14.0. The van der Waals surface area contributed by atoms with Gasteiger partial charge in [0.2, 0.25) is 0 Å². The van der Waals surface area contributed by atoms with Crippen molar-refractivity contribution >= 4 is 29.2 Å². The molecule has 0 spiro atoms. The van der Waals surface area contributed by atoms with Crippen molar-refractivity contribution in [2.75, 3.05) is 19.0 Å². The second-order valence-electron chi connectivity index (χ2n) is 7.10. The van der Waals surface area contributed by atoms with Crippen LogP contribution in [0.15, 0.2) is 48.6 Å². The van der Waals surface area contributed by atoms with Crippen molar-refractivity contribution in [3.8, 4) is 5.75 Å². The van der Waals surface area contributed by atoms with E-state index in [1.165, 1.54) is 7.11 Å². The zero-order chi connectivity index (χ0) is 20.5. The van der Waals surface area contributed by atoms with Gasteiger partial charge in [0.15, 0.2) is 6.61 Å². The van der Waals surface area contributed by atoms with E-state index in [-0.39, 0.29) is 30.0 Å². The van der Waals surface area contributed by atoms with Gasteiger partial charge in [0.25, 0.3) is 0 Å². The van der Waals surface area contributed by atoms with Crippen LogP contribution in [0, 0.1) is 5.92 Å². The molecule has 7 heteroatoms. The van der Waals surface area contributed by atoms with Crippen LogP contribution in [0.4, 0.5) is 5.69 Å². The number of rotatable bonds is 5. The van der Waals surface area contributed by atoms with Gasteiger partial charge in [-0.25, -0.2) is 9.59 Å². The summed E-state index contributed by atoms with van der Waals surface area (Å²) in [5.41, 5.74) is 2.74. The molecule has 0 saturated heterocycles. The van der Waals surface area contributed by atoms with E-state index in [1.54, 1.807) is 12.1 Å². The van der Waals surface area contributed by atoms with Gasteiger partial charge in [-0.3, -0.25) is 0 Å². The maximum absolute atomic E-state index is 11.8. The van der Waals surface area contributed by atoms with Gasteiger partial charge >= 0.3 is 11.9 Å². The Balaban J connectivity index is 1.65. The van der Waals surface area contributed by atoms with Gasteiger partial charge in [-0.05, 0) is 47.7 Å². The van der Waals surface area contributed by atoms with E-state index in [1.807, 2.05) is 24.3 Å². The summed E-state index contributed by atoms with van der Waals surface area (Å²) in [6.07, 6.45) is 5.02. The number of carboxylic acid groups (broad SMARTS) is 1. The molecule has 0 radical (unpaired) electrons. The Morgan fingerprint density at radius 1 is 1.21 bits per heavy atom. The fraction of sp³-hybridized carbons (Fsp3) is 0.273. The van der Waals surface area contributed by atoms with Gasteiger partial charge in [0.1, 0.15) is 5.75 Å². The molecule has 0 bridgehead atoms. The molecule has 0 aromatic heterocycles. The van der Waals surface area contributed by atoms with Crippen LogP contribution in [0.25, 0.3) is 0 Å². The number of fused-ring (bicyclic) bond motifs is 3. The third-order valence-corrected chi connectivity index (χ3v) is 5.84. The number of allylic oxidation sites excluding steroid dienone is 2. The minimum absolute atomic E-state index is 0.0173. The Morgan fingerprint density at radius 3 is 2.66 bits per heavy atom. The van der Waals surface area contributed by atoms with Crippen LogP contribution in [0.2, 0.25) is 5.02 Å². The Bertz CT molecular complexity index is 985. The Kier molecular flexibility index (Phi) is 5.20. The summed E-state index contributed by atoms with van der Waals surface area (Å²) in [6, 6.07) is 10.7. The normalized spacial score (nSPS) is 21.7. The number of hydrogen-bond acceptors (Lipinski definition) is 5. The van der Waals surface area contributed by atoms with Crippen molar-refractivity contribution < 1.29 is 24.2 Å². The number of ether oxygens (including phenoxy) is 2. The quantitative estimate of drug-likeness (QED) is 0.557. The zero-order valence-corrected chi connectivity index (χ0v) is 16.5. The van der Waals surface area contributed by atoms with E-state index in [0.717, 1.165) is 17.5 Å². The van der Waals surface area contributed by atoms with Crippen LogP contribution in [0.5, 0.6) is 5.75 Å². The number of esters is 1. The van der Waals surface area contributed by atoms with Crippen molar-refractivity contribution in [2.24, 2.45) is 5.92 Å². The average Bonchev–Trinajstić information content (AvgIpc) is 3.22. The fourth-order valence-corrected chi connectivity index (χ4v) is 4.38. The average molecular weight is 414 g/mol. The molecule has 29 heavy (non-hydrogen) atoms. The van der Waals surface area contributed by atoms with Gasteiger partial charge < -0.3 is 19.9 Å². The molecule has 0 saturated carbocycles. The number of aromatic carboxylic acids is 1. The monoisotopic (exact) mass is 413 g/mol. The molecule has 4 rings (SSSR count). The Hall–Kier alpha value is -2.99. The van der Waals surface area contributed by atoms with Crippen LogP contribution in [0.1, 0.15) is 39.9 Å². The van der Waals surface area contributed by atoms with Crippen molar-refractivity contribution in [3.63, 3.8) is 0 Å². The number of benzene rings is 2. The maximum atomic E-state index is 11.8. The Morgan fingerprint density at radius 2 is 1.97 bits per heavy atom. The van der Waals surface area contributed by atoms with E-state index < -0.39 is 11.9 Å². The van der Waals surface area contributed by atoms with E-state index in [2.05, 4.69) is 22.2 Å². The van der Waals surface area contributed by atoms with Crippen molar-refractivity contribution in [1.82, 2.24) is 0 Å². The molecule has 1 aliphatic heterocycles. The van der Waals surface area contributed by atoms with Gasteiger partial charge in [-0.2, -0.15) is 0 Å². The van der Waals surface area contributed by atoms with Gasteiger partial charge in [-0.15, -0.1) is 0 Å². The smallest absolute Gasteiger partial charge is 0.343 e. The summed E-state index contributed by atoms with van der Waals surface area (Å²) in [5, 5.41) is 13.6. The molecule has 150 valence electrons. The van der Waals surface area contributed by atoms with E-state index >= 15 is 0 Å². The minimum Gasteiger partial charge on any atom is -0.482 e. The fourth-order valence-electron chi connectivity index (χ4n) is 4.16. The molecule has 1 aliphatic carbocycles. The topological polar surface area (TPSA) is 84.9 Å². The summed E-state index contributed by atoms with van der Waals surface area (Å²) in [4.78, 5) is 23.0. The molecule has 2 aliphatic rings. The molecular weight excluding hydrogens is 394 g/mol. The first-order valence-electron chi connectivity index (χ1n) is 9.28. The number of carbonyl (C=O) groups is 2. The number of nitrogens with one attached hydrogen (secondary N) is 1. The van der Waals surface area contributed by atoms with E-state index in [9.17, 15) is 14.7 Å². The summed E-state index contributed by atoms with van der Waals surface area (Å²) < 4.78 is 9.99. The summed E-state index contributed by atoms with van der Waals surface area (Å²) >= 11 is 6.43.